The molecule has 0 amide bonds. The molecule has 2 aromatic carbocycles. The van der Waals surface area contributed by atoms with Crippen LogP contribution in [0.1, 0.15) is 5.56 Å². The number of rotatable bonds is 5. The summed E-state index contributed by atoms with van der Waals surface area (Å²) in [6.07, 6.45) is 1.24. The molecule has 0 aliphatic heterocycles. The van der Waals surface area contributed by atoms with Crippen LogP contribution < -0.4 is 16.4 Å². The van der Waals surface area contributed by atoms with Crippen LogP contribution in [0.2, 0.25) is 0 Å². The first-order chi connectivity index (χ1) is 15.3. The molecule has 9 nitrogen and oxygen atoms in total. The molecule has 0 unspecified atom stereocenters. The van der Waals surface area contributed by atoms with Crippen molar-refractivity contribution in [2.45, 2.75) is 6.54 Å². The van der Waals surface area contributed by atoms with Gasteiger partial charge >= 0.3 is 0 Å². The topological polar surface area (TPSA) is 112 Å². The highest BCUT2D eigenvalue weighted by Crippen LogP contribution is 2.28. The molecule has 1 N–H and O–H groups in total. The zero-order valence-corrected chi connectivity index (χ0v) is 16.6. The number of nitrogens with zero attached hydrogens (tertiary/aromatic N) is 4. The Morgan fingerprint density at radius 3 is 2.47 bits per heavy atom. The monoisotopic (exact) mass is 439 g/mol. The third-order valence-electron chi connectivity index (χ3n) is 4.92. The van der Waals surface area contributed by atoms with E-state index in [0.29, 0.717) is 6.07 Å². The lowest BCUT2D eigenvalue weighted by atomic mass is 10.2. The van der Waals surface area contributed by atoms with E-state index in [2.05, 4.69) is 10.3 Å². The Hall–Kier alpha value is -4.41. The Kier molecular flexibility index (Phi) is 5.23. The molecule has 0 aliphatic carbocycles. The smallest absolute Gasteiger partial charge is 0.290 e. The predicted molar refractivity (Wildman–Crippen MR) is 113 cm³/mol. The first-order valence-electron chi connectivity index (χ1n) is 9.30. The molecule has 0 spiro atoms. The van der Waals surface area contributed by atoms with Gasteiger partial charge in [-0.15, -0.1) is 0 Å². The van der Waals surface area contributed by atoms with Crippen LogP contribution in [0.4, 0.5) is 25.8 Å². The van der Waals surface area contributed by atoms with E-state index >= 15 is 0 Å². The lowest BCUT2D eigenvalue weighted by Gasteiger charge is -2.14. The highest BCUT2D eigenvalue weighted by atomic mass is 19.1. The molecule has 0 atom stereocenters. The van der Waals surface area contributed by atoms with Gasteiger partial charge in [0.05, 0.1) is 28.9 Å². The van der Waals surface area contributed by atoms with Gasteiger partial charge in [-0.2, -0.15) is 4.39 Å². The summed E-state index contributed by atoms with van der Waals surface area (Å²) in [5, 5.41) is 13.0. The molecule has 162 valence electrons. The third-order valence-corrected chi connectivity index (χ3v) is 4.92. The minimum Gasteiger partial charge on any atom is -0.350 e. The number of fused-ring (bicyclic) bond motifs is 1. The summed E-state index contributed by atoms with van der Waals surface area (Å²) >= 11 is 0. The second-order valence-electron chi connectivity index (χ2n) is 6.96. The van der Waals surface area contributed by atoms with Gasteiger partial charge in [0, 0.05) is 13.1 Å². The third kappa shape index (κ3) is 3.60. The van der Waals surface area contributed by atoms with Crippen molar-refractivity contribution >= 4 is 28.1 Å². The lowest BCUT2D eigenvalue weighted by molar-refractivity contribution is -0.385. The number of anilines is 2. The van der Waals surface area contributed by atoms with Crippen LogP contribution >= 0.6 is 0 Å². The quantitative estimate of drug-likeness (QED) is 0.378. The summed E-state index contributed by atoms with van der Waals surface area (Å²) in [5.41, 5.74) is -2.45. The number of hydrogen-bond donors (Lipinski definition) is 1. The number of non-ortho nitro benzene ring substituents is 1. The van der Waals surface area contributed by atoms with Crippen molar-refractivity contribution in [1.29, 1.82) is 0 Å². The SMILES string of the molecule is Cn1c(=O)c(F)c(Nc2ccc([N+](=O)[O-])cc2F)c2c(=O)n(Cc3ccccc3)cnc21. The summed E-state index contributed by atoms with van der Waals surface area (Å²) in [6, 6.07) is 11.7. The van der Waals surface area contributed by atoms with Gasteiger partial charge in [0.2, 0.25) is 5.82 Å². The molecule has 0 fully saturated rings. The van der Waals surface area contributed by atoms with Crippen LogP contribution in [-0.4, -0.2) is 19.0 Å². The summed E-state index contributed by atoms with van der Waals surface area (Å²) in [4.78, 5) is 39.7. The number of aromatic nitrogens is 3. The maximum Gasteiger partial charge on any atom is 0.290 e. The molecule has 4 aromatic rings. The van der Waals surface area contributed by atoms with Crippen molar-refractivity contribution < 1.29 is 13.7 Å². The molecular weight excluding hydrogens is 424 g/mol. The van der Waals surface area contributed by atoms with E-state index in [1.165, 1.54) is 17.9 Å². The Morgan fingerprint density at radius 2 is 1.81 bits per heavy atom. The number of hydrogen-bond acceptors (Lipinski definition) is 6. The van der Waals surface area contributed by atoms with Gasteiger partial charge in [-0.05, 0) is 11.6 Å². The van der Waals surface area contributed by atoms with Crippen LogP contribution in [0, 0.1) is 21.7 Å². The fourth-order valence-corrected chi connectivity index (χ4v) is 3.28. The van der Waals surface area contributed by atoms with Crippen molar-refractivity contribution in [2.24, 2.45) is 7.05 Å². The van der Waals surface area contributed by atoms with E-state index in [9.17, 15) is 28.5 Å². The van der Waals surface area contributed by atoms with Gasteiger partial charge in [0.25, 0.3) is 16.8 Å². The number of pyridine rings is 1. The van der Waals surface area contributed by atoms with Gasteiger partial charge in [0.15, 0.2) is 11.5 Å². The standard InChI is InChI=1S/C21H15F2N5O4/c1-26-19-16(20(29)27(11-24-19)10-12-5-3-2-4-6-12)18(17(23)21(26)30)25-15-8-7-13(28(31)32)9-14(15)22/h2-9,11,25H,10H2,1H3. The predicted octanol–water partition coefficient (Wildman–Crippen LogP) is 3.07. The van der Waals surface area contributed by atoms with Gasteiger partial charge in [-0.25, -0.2) is 9.37 Å². The molecule has 0 saturated carbocycles. The number of nitro benzene ring substituents is 1. The average molecular weight is 439 g/mol. The first kappa shape index (κ1) is 20.8. The molecule has 2 heterocycles. The Bertz CT molecular complexity index is 1480. The van der Waals surface area contributed by atoms with Crippen molar-refractivity contribution in [3.63, 3.8) is 0 Å². The van der Waals surface area contributed by atoms with Crippen molar-refractivity contribution in [2.75, 3.05) is 5.32 Å². The normalized spacial score (nSPS) is 11.0. The number of benzene rings is 2. The van der Waals surface area contributed by atoms with E-state index in [1.807, 2.05) is 6.07 Å². The van der Waals surface area contributed by atoms with Crippen LogP contribution in [0.15, 0.2) is 64.4 Å². The van der Waals surface area contributed by atoms with Crippen LogP contribution in [0.25, 0.3) is 11.0 Å². The van der Waals surface area contributed by atoms with Crippen LogP contribution in [-0.2, 0) is 13.6 Å². The van der Waals surface area contributed by atoms with Gasteiger partial charge < -0.3 is 5.32 Å². The molecule has 32 heavy (non-hydrogen) atoms. The largest absolute Gasteiger partial charge is 0.350 e. The summed E-state index contributed by atoms with van der Waals surface area (Å²) < 4.78 is 31.5. The molecule has 2 aromatic heterocycles. The van der Waals surface area contributed by atoms with E-state index in [1.54, 1.807) is 24.3 Å². The molecular formula is C21H15F2N5O4. The van der Waals surface area contributed by atoms with Crippen molar-refractivity contribution in [1.82, 2.24) is 14.1 Å². The second kappa shape index (κ2) is 8.02. The molecule has 0 bridgehead atoms. The number of aryl methyl sites for hydroxylation is 1. The highest BCUT2D eigenvalue weighted by Gasteiger charge is 2.22. The molecule has 0 radical (unpaired) electrons. The number of halogens is 2. The highest BCUT2D eigenvalue weighted by molar-refractivity contribution is 5.90. The van der Waals surface area contributed by atoms with Crippen molar-refractivity contribution in [3.05, 3.63) is 103 Å². The zero-order valence-electron chi connectivity index (χ0n) is 16.6. The van der Waals surface area contributed by atoms with E-state index in [4.69, 9.17) is 0 Å². The number of nitro groups is 1. The lowest BCUT2D eigenvalue weighted by Crippen LogP contribution is -2.29. The summed E-state index contributed by atoms with van der Waals surface area (Å²) in [7, 11) is 1.26. The van der Waals surface area contributed by atoms with Gasteiger partial charge in [-0.3, -0.25) is 28.8 Å². The summed E-state index contributed by atoms with van der Waals surface area (Å²) in [6.45, 7) is 0.137. The maximum absolute atomic E-state index is 15.0. The molecule has 4 rings (SSSR count). The molecule has 0 saturated heterocycles. The molecule has 0 aliphatic rings. The maximum atomic E-state index is 15.0. The van der Waals surface area contributed by atoms with Gasteiger partial charge in [-0.1, -0.05) is 30.3 Å². The number of nitrogens with one attached hydrogen (secondary N) is 1. The molecule has 11 heteroatoms. The minimum absolute atomic E-state index is 0.101. The van der Waals surface area contributed by atoms with Crippen molar-refractivity contribution in [3.8, 4) is 0 Å². The zero-order chi connectivity index (χ0) is 23.0. The van der Waals surface area contributed by atoms with Crippen LogP contribution in [0.3, 0.4) is 0 Å². The minimum atomic E-state index is -1.31. The summed E-state index contributed by atoms with van der Waals surface area (Å²) in [5.74, 6) is -2.37. The Labute approximate surface area is 178 Å². The fourth-order valence-electron chi connectivity index (χ4n) is 3.28. The van der Waals surface area contributed by atoms with E-state index in [0.717, 1.165) is 22.3 Å². The van der Waals surface area contributed by atoms with Crippen LogP contribution in [0.5, 0.6) is 0 Å². The van der Waals surface area contributed by atoms with E-state index < -0.39 is 39.1 Å². The average Bonchev–Trinajstić information content (AvgIpc) is 2.78. The fraction of sp³-hybridized carbons (Fsp3) is 0.0952. The Balaban J connectivity index is 1.91. The Morgan fingerprint density at radius 1 is 1.09 bits per heavy atom. The second-order valence-corrected chi connectivity index (χ2v) is 6.96. The van der Waals surface area contributed by atoms with Gasteiger partial charge in [0.1, 0.15) is 11.7 Å². The first-order valence-corrected chi connectivity index (χ1v) is 9.30. The van der Waals surface area contributed by atoms with E-state index in [-0.39, 0.29) is 23.3 Å².